The molecule has 0 saturated heterocycles. The topological polar surface area (TPSA) is 107 Å². The minimum absolute atomic E-state index is 0.0277. The van der Waals surface area contributed by atoms with Crippen LogP contribution in [0.4, 0.5) is 4.39 Å². The van der Waals surface area contributed by atoms with Crippen molar-refractivity contribution in [3.8, 4) is 16.9 Å². The van der Waals surface area contributed by atoms with Crippen molar-refractivity contribution < 1.29 is 27.4 Å². The largest absolute Gasteiger partial charge is 0.493 e. The molecule has 3 heterocycles. The fraction of sp³-hybridized carbons (Fsp3) is 0.312. The highest BCUT2D eigenvalue weighted by molar-refractivity contribution is 7.89. The maximum Gasteiger partial charge on any atom is 0.352 e. The van der Waals surface area contributed by atoms with Crippen LogP contribution >= 0.6 is 0 Å². The summed E-state index contributed by atoms with van der Waals surface area (Å²) in [5, 5.41) is 17.7. The third-order valence-corrected chi connectivity index (χ3v) is 10.2. The summed E-state index contributed by atoms with van der Waals surface area (Å²) in [7, 11) is -0.451. The number of aromatic nitrogens is 3. The average molecular weight is 605 g/mol. The summed E-state index contributed by atoms with van der Waals surface area (Å²) in [6, 6.07) is 16.8. The molecule has 2 aromatic heterocycles. The number of hydrogen-bond donors (Lipinski definition) is 1. The van der Waals surface area contributed by atoms with Crippen LogP contribution in [-0.2, 0) is 36.6 Å². The molecule has 11 heteroatoms. The number of carboxylic acids is 1. The molecule has 43 heavy (non-hydrogen) atoms. The molecule has 0 fully saturated rings. The summed E-state index contributed by atoms with van der Waals surface area (Å²) in [5.74, 6) is -1.09. The second-order valence-electron chi connectivity index (χ2n) is 11.0. The Morgan fingerprint density at radius 1 is 1.05 bits per heavy atom. The number of carbonyl (C=O) groups is 1. The zero-order chi connectivity index (χ0) is 30.5. The van der Waals surface area contributed by atoms with E-state index in [4.69, 9.17) is 4.74 Å². The number of hydrogen-bond acceptors (Lipinski definition) is 5. The number of fused-ring (bicyclic) bond motifs is 3. The van der Waals surface area contributed by atoms with Crippen molar-refractivity contribution in [1.82, 2.24) is 18.7 Å². The van der Waals surface area contributed by atoms with E-state index in [1.807, 2.05) is 42.5 Å². The molecule has 0 spiro atoms. The van der Waals surface area contributed by atoms with E-state index >= 15 is 4.39 Å². The number of aromatic carboxylic acids is 1. The quantitative estimate of drug-likeness (QED) is 0.256. The van der Waals surface area contributed by atoms with Crippen molar-refractivity contribution in [1.29, 1.82) is 0 Å². The van der Waals surface area contributed by atoms with E-state index in [1.165, 1.54) is 17.4 Å². The van der Waals surface area contributed by atoms with Crippen molar-refractivity contribution in [2.75, 3.05) is 19.4 Å². The molecular weight excluding hydrogens is 571 g/mol. The van der Waals surface area contributed by atoms with Gasteiger partial charge in [-0.1, -0.05) is 36.4 Å². The summed E-state index contributed by atoms with van der Waals surface area (Å²) in [6.07, 6.45) is 1.06. The summed E-state index contributed by atoms with van der Waals surface area (Å²) in [4.78, 5) is 12.8. The van der Waals surface area contributed by atoms with Gasteiger partial charge in [0.1, 0.15) is 17.3 Å². The first-order chi connectivity index (χ1) is 20.6. The van der Waals surface area contributed by atoms with E-state index in [1.54, 1.807) is 29.3 Å². The summed E-state index contributed by atoms with van der Waals surface area (Å²) in [6.45, 7) is 2.22. The van der Waals surface area contributed by atoms with Gasteiger partial charge in [0.25, 0.3) is 0 Å². The monoisotopic (exact) mass is 604 g/mol. The number of halogens is 1. The lowest BCUT2D eigenvalue weighted by Crippen LogP contribution is -2.29. The van der Waals surface area contributed by atoms with Gasteiger partial charge in [0.2, 0.25) is 10.0 Å². The first-order valence-corrected chi connectivity index (χ1v) is 15.8. The minimum Gasteiger partial charge on any atom is -0.493 e. The zero-order valence-corrected chi connectivity index (χ0v) is 25.1. The second-order valence-corrected chi connectivity index (χ2v) is 13.2. The Balaban J connectivity index is 1.46. The number of carboxylic acid groups (broad SMARTS) is 1. The first-order valence-electron chi connectivity index (χ1n) is 14.2. The number of benzene rings is 3. The van der Waals surface area contributed by atoms with Gasteiger partial charge in [-0.15, -0.1) is 0 Å². The maximum atomic E-state index is 15.9. The third-order valence-electron chi connectivity index (χ3n) is 8.35. The van der Waals surface area contributed by atoms with Gasteiger partial charge >= 0.3 is 5.97 Å². The molecule has 0 atom stereocenters. The highest BCUT2D eigenvalue weighted by atomic mass is 32.2. The lowest BCUT2D eigenvalue weighted by atomic mass is 9.97. The van der Waals surface area contributed by atoms with Gasteiger partial charge in [0.15, 0.2) is 0 Å². The first kappa shape index (κ1) is 28.9. The van der Waals surface area contributed by atoms with E-state index in [-0.39, 0.29) is 36.5 Å². The SMILES string of the molecule is Cc1c2c(nn1C)CN(C)S(=O)(=O)CCCn1c(C(=O)O)c(CCCOc3cccc4ccccc34)c3ccc(F)c-2c31. The van der Waals surface area contributed by atoms with Crippen LogP contribution in [0.1, 0.15) is 40.3 Å². The third kappa shape index (κ3) is 5.06. The lowest BCUT2D eigenvalue weighted by molar-refractivity contribution is 0.0684. The lowest BCUT2D eigenvalue weighted by Gasteiger charge is -2.16. The molecule has 0 radical (unpaired) electrons. The van der Waals surface area contributed by atoms with E-state index in [0.29, 0.717) is 52.9 Å². The van der Waals surface area contributed by atoms with Crippen LogP contribution < -0.4 is 4.74 Å². The van der Waals surface area contributed by atoms with Gasteiger partial charge < -0.3 is 14.4 Å². The van der Waals surface area contributed by atoms with Gasteiger partial charge in [-0.25, -0.2) is 17.6 Å². The summed E-state index contributed by atoms with van der Waals surface area (Å²) < 4.78 is 52.7. The van der Waals surface area contributed by atoms with E-state index < -0.39 is 21.8 Å². The number of rotatable bonds is 6. The van der Waals surface area contributed by atoms with Crippen LogP contribution in [0.25, 0.3) is 32.8 Å². The molecule has 0 bridgehead atoms. The Morgan fingerprint density at radius 3 is 2.60 bits per heavy atom. The number of sulfonamides is 1. The molecule has 0 amide bonds. The Labute approximate surface area is 249 Å². The summed E-state index contributed by atoms with van der Waals surface area (Å²) in [5.41, 5.74) is 2.85. The van der Waals surface area contributed by atoms with Crippen molar-refractivity contribution in [2.24, 2.45) is 7.05 Å². The van der Waals surface area contributed by atoms with Crippen molar-refractivity contribution >= 4 is 37.7 Å². The van der Waals surface area contributed by atoms with E-state index in [2.05, 4.69) is 5.10 Å². The van der Waals surface area contributed by atoms with Crippen LogP contribution in [0.5, 0.6) is 5.75 Å². The number of nitrogens with zero attached hydrogens (tertiary/aromatic N) is 4. The molecule has 1 aliphatic rings. The van der Waals surface area contributed by atoms with Crippen LogP contribution in [-0.4, -0.2) is 57.6 Å². The number of ether oxygens (including phenoxy) is 1. The molecule has 9 nitrogen and oxygen atoms in total. The van der Waals surface area contributed by atoms with Gasteiger partial charge in [0, 0.05) is 48.2 Å². The van der Waals surface area contributed by atoms with Gasteiger partial charge in [-0.05, 0) is 55.3 Å². The van der Waals surface area contributed by atoms with E-state index in [9.17, 15) is 18.3 Å². The predicted molar refractivity (Wildman–Crippen MR) is 163 cm³/mol. The van der Waals surface area contributed by atoms with Crippen molar-refractivity contribution in [3.63, 3.8) is 0 Å². The molecule has 0 saturated carbocycles. The molecule has 3 aromatic carbocycles. The van der Waals surface area contributed by atoms with Crippen molar-refractivity contribution in [2.45, 2.75) is 39.3 Å². The van der Waals surface area contributed by atoms with Crippen LogP contribution in [0.2, 0.25) is 0 Å². The average Bonchev–Trinajstić information content (AvgIpc) is 3.43. The predicted octanol–water partition coefficient (Wildman–Crippen LogP) is 5.52. The molecule has 0 aliphatic carbocycles. The number of aryl methyl sites for hydroxylation is 3. The Morgan fingerprint density at radius 2 is 1.81 bits per heavy atom. The Bertz CT molecular complexity index is 1990. The Kier molecular flexibility index (Phi) is 7.47. The highest BCUT2D eigenvalue weighted by Crippen LogP contribution is 2.40. The summed E-state index contributed by atoms with van der Waals surface area (Å²) >= 11 is 0. The second kappa shape index (κ2) is 11.1. The van der Waals surface area contributed by atoms with Crippen molar-refractivity contribution in [3.05, 3.63) is 83.1 Å². The van der Waals surface area contributed by atoms with Crippen LogP contribution in [0.3, 0.4) is 0 Å². The van der Waals surface area contributed by atoms with Crippen LogP contribution in [0, 0.1) is 12.7 Å². The van der Waals surface area contributed by atoms with Gasteiger partial charge in [-0.2, -0.15) is 9.40 Å². The van der Waals surface area contributed by atoms with E-state index in [0.717, 1.165) is 16.5 Å². The fourth-order valence-electron chi connectivity index (χ4n) is 6.19. The molecule has 5 aromatic rings. The molecule has 1 N–H and O–H groups in total. The van der Waals surface area contributed by atoms with Crippen LogP contribution in [0.15, 0.2) is 54.6 Å². The molecule has 224 valence electrons. The smallest absolute Gasteiger partial charge is 0.352 e. The zero-order valence-electron chi connectivity index (χ0n) is 24.3. The molecule has 0 unspecified atom stereocenters. The standard InChI is InChI=1S/C32H33FN4O5S/c1-20-28-26(34-36(20)3)19-35(2)43(40,41)18-8-16-37-30-24(14-15-25(33)29(28)30)23(31(37)32(38)39)12-7-17-42-27-13-6-10-21-9-4-5-11-22(21)27/h4-6,9-11,13-15H,7-8,12,16-19H2,1-3H3,(H,38,39). The highest BCUT2D eigenvalue weighted by Gasteiger charge is 2.31. The van der Waals surface area contributed by atoms with Gasteiger partial charge in [-0.3, -0.25) is 4.68 Å². The normalized spacial score (nSPS) is 15.3. The molecule has 1 aliphatic heterocycles. The fourth-order valence-corrected chi connectivity index (χ4v) is 7.31. The maximum absolute atomic E-state index is 15.9. The Hall–Kier alpha value is -4.22. The van der Waals surface area contributed by atoms with Gasteiger partial charge in [0.05, 0.1) is 30.1 Å². The minimum atomic E-state index is -3.66. The molecule has 6 rings (SSSR count). The molecular formula is C32H33FN4O5S.